The van der Waals surface area contributed by atoms with Crippen molar-refractivity contribution < 1.29 is 26.6 Å². The van der Waals surface area contributed by atoms with Crippen molar-refractivity contribution in [3.63, 3.8) is 0 Å². The maximum atomic E-state index is 9.75. The van der Waals surface area contributed by atoms with Crippen LogP contribution in [-0.2, 0) is 7.05 Å². The van der Waals surface area contributed by atoms with Crippen LogP contribution in [0.2, 0.25) is 19.6 Å². The Morgan fingerprint density at radius 2 is 1.50 bits per heavy atom. The highest BCUT2D eigenvalue weighted by Crippen LogP contribution is 2.06. The molecule has 96 valence electrons. The minimum absolute atomic E-state index is 1.61. The van der Waals surface area contributed by atoms with Gasteiger partial charge in [0.1, 0.15) is 12.4 Å². The molecule has 0 aliphatic heterocycles. The summed E-state index contributed by atoms with van der Waals surface area (Å²) in [6.07, 6.45) is 5.69. The van der Waals surface area contributed by atoms with E-state index in [1.165, 1.54) is 0 Å². The lowest BCUT2D eigenvalue weighted by atomic mass is 10.3. The topological polar surface area (TPSA) is 39.9 Å². The Labute approximate surface area is 93.4 Å². The van der Waals surface area contributed by atoms with Crippen molar-refractivity contribution in [3.05, 3.63) is 18.7 Å². The number of aromatic amines is 1. The Morgan fingerprint density at radius 1 is 1.19 bits per heavy atom. The van der Waals surface area contributed by atoms with E-state index in [0.717, 1.165) is 0 Å². The lowest BCUT2D eigenvalue weighted by molar-refractivity contribution is -0.670. The molecule has 0 aliphatic carbocycles. The number of H-pyrrole nitrogens is 1. The maximum Gasteiger partial charge on any atom is 0.673 e. The molecule has 0 aliphatic rings. The second-order valence-corrected chi connectivity index (χ2v) is 8.28. The van der Waals surface area contributed by atoms with Crippen molar-refractivity contribution in [2.75, 3.05) is 0 Å². The van der Waals surface area contributed by atoms with E-state index in [0.29, 0.717) is 0 Å². The van der Waals surface area contributed by atoms with Gasteiger partial charge in [-0.1, -0.05) is 0 Å². The predicted octanol–water partition coefficient (Wildman–Crippen LogP) is 1.95. The SMILES string of the molecule is C[Si](C)(C)O.C[n+]1cc[nH]c1.F[B-](F)(F)F. The quantitative estimate of drug-likeness (QED) is 0.418. The molecule has 16 heavy (non-hydrogen) atoms. The highest BCUT2D eigenvalue weighted by atomic mass is 28.4. The molecule has 1 rings (SSSR count). The first-order valence-corrected chi connectivity index (χ1v) is 7.92. The summed E-state index contributed by atoms with van der Waals surface area (Å²) >= 11 is 0. The van der Waals surface area contributed by atoms with Crippen LogP contribution in [0.25, 0.3) is 0 Å². The molecule has 0 fully saturated rings. The van der Waals surface area contributed by atoms with Gasteiger partial charge in [0.15, 0.2) is 8.32 Å². The number of rotatable bonds is 0. The van der Waals surface area contributed by atoms with Crippen LogP contribution < -0.4 is 4.57 Å². The molecule has 0 aromatic carbocycles. The Hall–Kier alpha value is -0.828. The molecule has 3 nitrogen and oxygen atoms in total. The number of nitrogens with one attached hydrogen (secondary N) is 1. The Bertz CT molecular complexity index is 236. The van der Waals surface area contributed by atoms with Crippen molar-refractivity contribution in [3.8, 4) is 0 Å². The second-order valence-electron chi connectivity index (χ2n) is 3.94. The van der Waals surface area contributed by atoms with Gasteiger partial charge in [0.05, 0.1) is 7.05 Å². The van der Waals surface area contributed by atoms with Crippen LogP contribution >= 0.6 is 0 Å². The summed E-state index contributed by atoms with van der Waals surface area (Å²) in [4.78, 5) is 11.6. The van der Waals surface area contributed by atoms with E-state index in [-0.39, 0.29) is 0 Å². The van der Waals surface area contributed by atoms with Gasteiger partial charge in [0, 0.05) is 0 Å². The Morgan fingerprint density at radius 3 is 1.56 bits per heavy atom. The van der Waals surface area contributed by atoms with Gasteiger partial charge < -0.3 is 22.1 Å². The fraction of sp³-hybridized carbons (Fsp3) is 0.571. The van der Waals surface area contributed by atoms with Crippen molar-refractivity contribution >= 4 is 15.6 Å². The molecule has 9 heteroatoms. The molecular formula is C7H17BF4N2OSi. The normalized spacial score (nSPS) is 10.8. The van der Waals surface area contributed by atoms with Crippen LogP contribution in [0.15, 0.2) is 18.7 Å². The number of aromatic nitrogens is 2. The predicted molar refractivity (Wildman–Crippen MR) is 57.7 cm³/mol. The van der Waals surface area contributed by atoms with Crippen LogP contribution in [0, 0.1) is 0 Å². The summed E-state index contributed by atoms with van der Waals surface area (Å²) in [5.74, 6) is 0. The molecule has 1 heterocycles. The molecule has 0 atom stereocenters. The maximum absolute atomic E-state index is 9.75. The van der Waals surface area contributed by atoms with E-state index < -0.39 is 15.6 Å². The van der Waals surface area contributed by atoms with Gasteiger partial charge in [-0.25, -0.2) is 4.57 Å². The molecule has 1 aromatic rings. The minimum Gasteiger partial charge on any atom is -0.433 e. The van der Waals surface area contributed by atoms with Crippen molar-refractivity contribution in [1.82, 2.24) is 4.98 Å². The van der Waals surface area contributed by atoms with E-state index >= 15 is 0 Å². The fourth-order valence-electron chi connectivity index (χ4n) is 0.364. The van der Waals surface area contributed by atoms with Gasteiger partial charge >= 0.3 is 7.25 Å². The van der Waals surface area contributed by atoms with E-state index in [2.05, 4.69) is 4.98 Å². The van der Waals surface area contributed by atoms with E-state index in [9.17, 15) is 17.3 Å². The van der Waals surface area contributed by atoms with Gasteiger partial charge in [-0.05, 0) is 19.6 Å². The molecule has 0 saturated heterocycles. The van der Waals surface area contributed by atoms with E-state index in [1.54, 1.807) is 0 Å². The number of hydrogen-bond acceptors (Lipinski definition) is 1. The highest BCUT2D eigenvalue weighted by Gasteiger charge is 2.20. The first kappa shape index (κ1) is 17.6. The third kappa shape index (κ3) is 51.2. The van der Waals surface area contributed by atoms with Gasteiger partial charge in [-0.15, -0.1) is 0 Å². The average Bonchev–Trinajstić information content (AvgIpc) is 2.30. The summed E-state index contributed by atoms with van der Waals surface area (Å²) < 4.78 is 40.9. The Kier molecular flexibility index (Phi) is 8.17. The molecule has 0 unspecified atom stereocenters. The minimum atomic E-state index is -6.00. The molecular weight excluding hydrogens is 243 g/mol. The summed E-state index contributed by atoms with van der Waals surface area (Å²) in [5, 5.41) is 0. The first-order valence-electron chi connectivity index (χ1n) is 4.47. The van der Waals surface area contributed by atoms with Crippen molar-refractivity contribution in [2.24, 2.45) is 7.05 Å². The van der Waals surface area contributed by atoms with Gasteiger partial charge in [0.25, 0.3) is 0 Å². The summed E-state index contributed by atoms with van der Waals surface area (Å²) in [7, 11) is -5.64. The van der Waals surface area contributed by atoms with Crippen LogP contribution in [0.1, 0.15) is 0 Å². The number of imidazole rings is 1. The van der Waals surface area contributed by atoms with Crippen LogP contribution in [-0.4, -0.2) is 25.4 Å². The van der Waals surface area contributed by atoms with Crippen LogP contribution in [0.5, 0.6) is 0 Å². The zero-order valence-electron chi connectivity index (χ0n) is 9.72. The average molecular weight is 260 g/mol. The van der Waals surface area contributed by atoms with Crippen LogP contribution in [0.3, 0.4) is 0 Å². The van der Waals surface area contributed by atoms with Crippen molar-refractivity contribution in [1.29, 1.82) is 0 Å². The third-order valence-electron chi connectivity index (χ3n) is 0.684. The van der Waals surface area contributed by atoms with Crippen LogP contribution in [0.4, 0.5) is 17.3 Å². The lowest BCUT2D eigenvalue weighted by Gasteiger charge is -2.00. The summed E-state index contributed by atoms with van der Waals surface area (Å²) in [5.41, 5.74) is 0. The summed E-state index contributed by atoms with van der Waals surface area (Å²) in [6, 6.07) is 0. The monoisotopic (exact) mass is 260 g/mol. The second kappa shape index (κ2) is 7.45. The zero-order chi connectivity index (χ0) is 13.4. The zero-order valence-corrected chi connectivity index (χ0v) is 10.7. The van der Waals surface area contributed by atoms with E-state index in [4.69, 9.17) is 4.80 Å². The largest absolute Gasteiger partial charge is 0.673 e. The number of aryl methyl sites for hydroxylation is 1. The molecule has 0 saturated carbocycles. The summed E-state index contributed by atoms with van der Waals surface area (Å²) in [6.45, 7) is 5.65. The molecule has 0 bridgehead atoms. The van der Waals surface area contributed by atoms with Gasteiger partial charge in [-0.2, -0.15) is 0 Å². The molecule has 2 N–H and O–H groups in total. The molecule has 1 aromatic heterocycles. The third-order valence-corrected chi connectivity index (χ3v) is 0.684. The molecule has 0 amide bonds. The lowest BCUT2D eigenvalue weighted by Crippen LogP contribution is -2.22. The smallest absolute Gasteiger partial charge is 0.433 e. The fourth-order valence-corrected chi connectivity index (χ4v) is 0.364. The highest BCUT2D eigenvalue weighted by molar-refractivity contribution is 6.68. The van der Waals surface area contributed by atoms with Gasteiger partial charge in [0.2, 0.25) is 6.33 Å². The van der Waals surface area contributed by atoms with E-state index in [1.807, 2.05) is 50.0 Å². The van der Waals surface area contributed by atoms with Gasteiger partial charge in [-0.3, -0.25) is 4.98 Å². The number of hydrogen-bond donors (Lipinski definition) is 2. The number of halogens is 4. The molecule has 0 spiro atoms. The first-order chi connectivity index (χ1) is 6.89. The molecule has 0 radical (unpaired) electrons. The Balaban J connectivity index is 0. The standard InChI is InChI=1S/C4H6N2.C3H10OSi.BF4/c1-6-3-2-5-4-6;1-5(2,3)4;2-1(3,4)5/h2-4H,1H3;4H,1-3H3;/q;;-1/p+1. The van der Waals surface area contributed by atoms with Crippen molar-refractivity contribution in [2.45, 2.75) is 19.6 Å². The number of nitrogens with zero attached hydrogens (tertiary/aromatic N) is 1.